The highest BCUT2D eigenvalue weighted by Crippen LogP contribution is 2.29. The van der Waals surface area contributed by atoms with Crippen molar-refractivity contribution >= 4 is 26.6 Å². The predicted molar refractivity (Wildman–Crippen MR) is 110 cm³/mol. The number of fused-ring (bicyclic) bond motifs is 1. The Kier molecular flexibility index (Phi) is 6.20. The first-order valence-corrected chi connectivity index (χ1v) is 11.2. The number of amides is 1. The van der Waals surface area contributed by atoms with Crippen LogP contribution in [0, 0.1) is 0 Å². The zero-order chi connectivity index (χ0) is 23.7. The van der Waals surface area contributed by atoms with Gasteiger partial charge in [-0.2, -0.15) is 5.10 Å². The molecule has 1 heterocycles. The fraction of sp³-hybridized carbons (Fsp3) is 0.300. The summed E-state index contributed by atoms with van der Waals surface area (Å²) in [7, 11) is -3.83. The van der Waals surface area contributed by atoms with Crippen molar-refractivity contribution in [1.82, 2.24) is 15.3 Å². The number of halogens is 3. The molecule has 1 amide bonds. The number of carbonyl (C=O) groups excluding carboxylic acids is 1. The lowest BCUT2D eigenvalue weighted by Crippen LogP contribution is -2.49. The van der Waals surface area contributed by atoms with Gasteiger partial charge in [-0.15, -0.1) is 13.2 Å². The number of nitrogens with one attached hydrogen (secondary N) is 1. The molecular weight excluding hydrogens is 451 g/mol. The number of aromatic nitrogens is 2. The van der Waals surface area contributed by atoms with E-state index in [0.717, 1.165) is 11.8 Å². The Morgan fingerprint density at radius 1 is 1.16 bits per heavy atom. The molecular formula is C20H20F3N3O5S. The van der Waals surface area contributed by atoms with Gasteiger partial charge >= 0.3 is 6.36 Å². The molecule has 12 heteroatoms. The van der Waals surface area contributed by atoms with Crippen molar-refractivity contribution in [3.8, 4) is 16.9 Å². The van der Waals surface area contributed by atoms with Gasteiger partial charge in [0.2, 0.25) is 0 Å². The van der Waals surface area contributed by atoms with Gasteiger partial charge in [-0.05, 0) is 48.7 Å². The number of ether oxygens (including phenoxy) is 1. The first-order chi connectivity index (χ1) is 14.8. The average molecular weight is 471 g/mol. The van der Waals surface area contributed by atoms with Crippen molar-refractivity contribution < 1.29 is 36.3 Å². The Morgan fingerprint density at radius 3 is 2.34 bits per heavy atom. The monoisotopic (exact) mass is 471 g/mol. The summed E-state index contributed by atoms with van der Waals surface area (Å²) in [4.78, 5) is 11.9. The fourth-order valence-electron chi connectivity index (χ4n) is 3.13. The molecule has 1 atom stereocenters. The molecule has 1 aromatic heterocycles. The van der Waals surface area contributed by atoms with Gasteiger partial charge in [0.15, 0.2) is 14.6 Å². The van der Waals surface area contributed by atoms with E-state index < -0.39 is 26.9 Å². The number of hydroxylamine groups is 1. The molecule has 0 radical (unpaired) electrons. The van der Waals surface area contributed by atoms with Crippen LogP contribution in [0.15, 0.2) is 48.7 Å². The van der Waals surface area contributed by atoms with Crippen LogP contribution < -0.4 is 10.2 Å². The maximum atomic E-state index is 12.3. The van der Waals surface area contributed by atoms with Gasteiger partial charge in [-0.25, -0.2) is 13.9 Å². The van der Waals surface area contributed by atoms with Crippen LogP contribution in [-0.4, -0.2) is 46.7 Å². The molecule has 3 aromatic rings. The molecule has 0 bridgehead atoms. The molecule has 0 aliphatic rings. The van der Waals surface area contributed by atoms with Crippen molar-refractivity contribution in [3.63, 3.8) is 0 Å². The molecule has 0 aliphatic carbocycles. The lowest BCUT2D eigenvalue weighted by atomic mass is 10.0. The Morgan fingerprint density at radius 2 is 1.78 bits per heavy atom. The Labute approximate surface area is 181 Å². The number of carbonyl (C=O) groups is 1. The average Bonchev–Trinajstić information content (AvgIpc) is 3.12. The molecule has 172 valence electrons. The minimum atomic E-state index is -4.76. The summed E-state index contributed by atoms with van der Waals surface area (Å²) >= 11 is 0. The van der Waals surface area contributed by atoms with E-state index in [4.69, 9.17) is 5.21 Å². The summed E-state index contributed by atoms with van der Waals surface area (Å²) in [6.07, 6.45) is -2.31. The highest BCUT2D eigenvalue weighted by Gasteiger charge is 2.43. The Balaban J connectivity index is 1.81. The third-order valence-electron chi connectivity index (χ3n) is 5.19. The molecule has 0 saturated heterocycles. The minimum absolute atomic E-state index is 0.0878. The standard InChI is InChI=1S/C20H20F3N3O5S/c1-19(18(27)25-28,32(2,29)30)9-10-26-12-15-11-14(5-8-17(15)24-26)13-3-6-16(7-4-13)31-20(21,22)23/h3-8,11-12,28H,9-10H2,1-2H3,(H,25,27)/t19-/m1/s1. The van der Waals surface area contributed by atoms with Crippen LogP contribution in [0.1, 0.15) is 13.3 Å². The van der Waals surface area contributed by atoms with Gasteiger partial charge < -0.3 is 4.74 Å². The van der Waals surface area contributed by atoms with E-state index in [1.54, 1.807) is 24.4 Å². The van der Waals surface area contributed by atoms with Crippen molar-refractivity contribution in [2.24, 2.45) is 0 Å². The number of hydrogen-bond donors (Lipinski definition) is 2. The topological polar surface area (TPSA) is 111 Å². The smallest absolute Gasteiger partial charge is 0.406 e. The highest BCUT2D eigenvalue weighted by molar-refractivity contribution is 7.92. The Bertz CT molecular complexity index is 1240. The van der Waals surface area contributed by atoms with Crippen LogP contribution in [0.5, 0.6) is 5.75 Å². The lowest BCUT2D eigenvalue weighted by Gasteiger charge is -2.24. The third-order valence-corrected chi connectivity index (χ3v) is 7.22. The SMILES string of the molecule is C[C@@](CCn1cc2cc(-c3ccc(OC(F)(F)F)cc3)ccc2n1)(C(=O)NO)S(C)(=O)=O. The number of aryl methyl sites for hydroxylation is 1. The second-order valence-electron chi connectivity index (χ2n) is 7.43. The molecule has 0 fully saturated rings. The van der Waals surface area contributed by atoms with E-state index >= 15 is 0 Å². The number of benzene rings is 2. The highest BCUT2D eigenvalue weighted by atomic mass is 32.2. The van der Waals surface area contributed by atoms with Crippen LogP contribution in [0.3, 0.4) is 0 Å². The Hall–Kier alpha value is -3.12. The molecule has 0 aliphatic heterocycles. The molecule has 0 saturated carbocycles. The predicted octanol–water partition coefficient (Wildman–Crippen LogP) is 3.30. The van der Waals surface area contributed by atoms with E-state index in [0.29, 0.717) is 16.5 Å². The van der Waals surface area contributed by atoms with E-state index in [1.165, 1.54) is 41.4 Å². The van der Waals surface area contributed by atoms with E-state index in [1.807, 2.05) is 0 Å². The second-order valence-corrected chi connectivity index (χ2v) is 9.88. The van der Waals surface area contributed by atoms with Gasteiger partial charge in [-0.1, -0.05) is 18.2 Å². The largest absolute Gasteiger partial charge is 0.573 e. The summed E-state index contributed by atoms with van der Waals surface area (Å²) in [6.45, 7) is 1.31. The molecule has 3 rings (SSSR count). The van der Waals surface area contributed by atoms with Crippen molar-refractivity contribution in [1.29, 1.82) is 0 Å². The molecule has 32 heavy (non-hydrogen) atoms. The quantitative estimate of drug-likeness (QED) is 0.404. The van der Waals surface area contributed by atoms with Crippen LogP contribution >= 0.6 is 0 Å². The van der Waals surface area contributed by atoms with Gasteiger partial charge in [0.05, 0.1) is 5.52 Å². The third kappa shape index (κ3) is 5.02. The number of sulfone groups is 1. The van der Waals surface area contributed by atoms with E-state index in [2.05, 4.69) is 9.84 Å². The number of rotatable bonds is 7. The van der Waals surface area contributed by atoms with Gasteiger partial charge in [0.25, 0.3) is 5.91 Å². The van der Waals surface area contributed by atoms with E-state index in [-0.39, 0.29) is 18.7 Å². The summed E-state index contributed by atoms with van der Waals surface area (Å²) < 4.78 is 64.6. The van der Waals surface area contributed by atoms with Crippen LogP contribution in [0.2, 0.25) is 0 Å². The maximum absolute atomic E-state index is 12.3. The van der Waals surface area contributed by atoms with Crippen molar-refractivity contribution in [3.05, 3.63) is 48.7 Å². The van der Waals surface area contributed by atoms with Crippen molar-refractivity contribution in [2.45, 2.75) is 31.0 Å². The van der Waals surface area contributed by atoms with Crippen LogP contribution in [0.25, 0.3) is 22.0 Å². The van der Waals surface area contributed by atoms with E-state index in [9.17, 15) is 26.4 Å². The molecule has 0 unspecified atom stereocenters. The zero-order valence-corrected chi connectivity index (χ0v) is 17.9. The zero-order valence-electron chi connectivity index (χ0n) is 17.0. The number of hydrogen-bond acceptors (Lipinski definition) is 6. The summed E-state index contributed by atoms with van der Waals surface area (Å²) in [5.74, 6) is -1.35. The van der Waals surface area contributed by atoms with Gasteiger partial charge in [-0.3, -0.25) is 14.7 Å². The first-order valence-electron chi connectivity index (χ1n) is 9.30. The summed E-state index contributed by atoms with van der Waals surface area (Å²) in [5.41, 5.74) is 3.41. The summed E-state index contributed by atoms with van der Waals surface area (Å²) in [6, 6.07) is 10.7. The van der Waals surface area contributed by atoms with Crippen molar-refractivity contribution in [2.75, 3.05) is 6.26 Å². The normalized spacial score (nSPS) is 14.2. The van der Waals surface area contributed by atoms with Gasteiger partial charge in [0, 0.05) is 24.4 Å². The minimum Gasteiger partial charge on any atom is -0.406 e. The lowest BCUT2D eigenvalue weighted by molar-refractivity contribution is -0.274. The van der Waals surface area contributed by atoms with Gasteiger partial charge in [0.1, 0.15) is 5.75 Å². The molecule has 8 nitrogen and oxygen atoms in total. The van der Waals surface area contributed by atoms with Crippen LogP contribution in [0.4, 0.5) is 13.2 Å². The van der Waals surface area contributed by atoms with Crippen LogP contribution in [-0.2, 0) is 21.2 Å². The molecule has 2 aromatic carbocycles. The molecule has 2 N–H and O–H groups in total. The second kappa shape index (κ2) is 8.43. The number of nitrogens with zero attached hydrogens (tertiary/aromatic N) is 2. The molecule has 0 spiro atoms. The summed E-state index contributed by atoms with van der Waals surface area (Å²) in [5, 5.41) is 14.0. The first kappa shape index (κ1) is 23.5. The maximum Gasteiger partial charge on any atom is 0.573 e. The fourth-order valence-corrected chi connectivity index (χ4v) is 3.98. The number of alkyl halides is 3.